The number of rotatable bonds is 8. The quantitative estimate of drug-likeness (QED) is 0.458. The van der Waals surface area contributed by atoms with Crippen LogP contribution in [0.3, 0.4) is 0 Å². The fourth-order valence-corrected chi connectivity index (χ4v) is 5.45. The second-order valence-electron chi connectivity index (χ2n) is 10.1. The topological polar surface area (TPSA) is 89.1 Å². The van der Waals surface area contributed by atoms with Crippen molar-refractivity contribution < 1.29 is 9.47 Å². The highest BCUT2D eigenvalue weighted by Gasteiger charge is 2.20. The lowest BCUT2D eigenvalue weighted by Crippen LogP contribution is -2.33. The minimum atomic E-state index is 0.177. The highest BCUT2D eigenvalue weighted by molar-refractivity contribution is 5.91. The van der Waals surface area contributed by atoms with Gasteiger partial charge in [-0.25, -0.2) is 15.0 Å². The minimum Gasteiger partial charge on any atom is -0.477 e. The van der Waals surface area contributed by atoms with Gasteiger partial charge in [-0.15, -0.1) is 0 Å². The van der Waals surface area contributed by atoms with Crippen LogP contribution in [0, 0.1) is 30.1 Å². The zero-order valence-electron chi connectivity index (χ0n) is 21.4. The molecule has 2 aliphatic heterocycles. The van der Waals surface area contributed by atoms with Crippen LogP contribution < -0.4 is 4.74 Å². The molecule has 5 rings (SSSR count). The van der Waals surface area contributed by atoms with E-state index in [0.717, 1.165) is 79.3 Å². The number of fused-ring (bicyclic) bond motifs is 1. The molecule has 2 aliphatic rings. The zero-order valence-corrected chi connectivity index (χ0v) is 21.4. The van der Waals surface area contributed by atoms with Crippen molar-refractivity contribution in [1.82, 2.24) is 24.4 Å². The van der Waals surface area contributed by atoms with Gasteiger partial charge in [-0.05, 0) is 82.6 Å². The number of pyridine rings is 1. The summed E-state index contributed by atoms with van der Waals surface area (Å²) >= 11 is 0. The summed E-state index contributed by atoms with van der Waals surface area (Å²) in [6.07, 6.45) is 9.53. The second kappa shape index (κ2) is 11.4. The van der Waals surface area contributed by atoms with E-state index in [0.29, 0.717) is 18.4 Å². The summed E-state index contributed by atoms with van der Waals surface area (Å²) in [5.41, 5.74) is 3.39. The normalized spacial score (nSPS) is 17.9. The highest BCUT2D eigenvalue weighted by atomic mass is 16.5. The van der Waals surface area contributed by atoms with Gasteiger partial charge in [0.15, 0.2) is 0 Å². The predicted molar refractivity (Wildman–Crippen MR) is 139 cm³/mol. The fraction of sp³-hybridized carbons (Fsp3) is 0.571. The number of hydrogen-bond donors (Lipinski definition) is 0. The summed E-state index contributed by atoms with van der Waals surface area (Å²) in [5.74, 6) is 2.14. The molecule has 0 radical (unpaired) electrons. The largest absolute Gasteiger partial charge is 0.477 e. The van der Waals surface area contributed by atoms with Crippen molar-refractivity contribution in [3.63, 3.8) is 0 Å². The lowest BCUT2D eigenvalue weighted by Gasteiger charge is -2.30. The Labute approximate surface area is 213 Å². The van der Waals surface area contributed by atoms with Crippen LogP contribution in [0.25, 0.3) is 22.3 Å². The molecule has 8 nitrogen and oxygen atoms in total. The first kappa shape index (κ1) is 24.7. The number of aromatic nitrogens is 4. The molecule has 36 heavy (non-hydrogen) atoms. The molecule has 8 heteroatoms. The highest BCUT2D eigenvalue weighted by Crippen LogP contribution is 2.30. The number of nitriles is 1. The van der Waals surface area contributed by atoms with Crippen LogP contribution in [-0.2, 0) is 11.3 Å². The van der Waals surface area contributed by atoms with Crippen LogP contribution in [0.4, 0.5) is 0 Å². The molecule has 0 spiro atoms. The predicted octanol–water partition coefficient (Wildman–Crippen LogP) is 4.60. The molecule has 2 saturated heterocycles. The maximum absolute atomic E-state index is 9.61. The van der Waals surface area contributed by atoms with Gasteiger partial charge in [-0.2, -0.15) is 5.26 Å². The maximum atomic E-state index is 9.61. The average Bonchev–Trinajstić information content (AvgIpc) is 3.32. The van der Waals surface area contributed by atoms with Gasteiger partial charge >= 0.3 is 0 Å². The molecule has 0 saturated carbocycles. The summed E-state index contributed by atoms with van der Waals surface area (Å²) in [7, 11) is 0. The van der Waals surface area contributed by atoms with Crippen molar-refractivity contribution in [2.75, 3.05) is 39.5 Å². The molecule has 0 atom stereocenters. The van der Waals surface area contributed by atoms with Gasteiger partial charge < -0.3 is 18.9 Å². The maximum Gasteiger partial charge on any atom is 0.234 e. The van der Waals surface area contributed by atoms with Crippen LogP contribution in [0.1, 0.15) is 50.4 Å². The standard InChI is InChI=1S/C28H36N6O2/c1-3-33-10-4-21(5-11-33)9-15-36-28-20(2)16-23(18-30-28)26-24-6-12-34(19-22-7-13-35-14-8-22)27(24)32-25(17-29)31-26/h6,12,16,18,21-22H,3-5,7-11,13-15,19H2,1-2H3. The molecule has 3 aromatic rings. The van der Waals surface area contributed by atoms with E-state index in [1.54, 1.807) is 6.20 Å². The molecule has 0 aromatic carbocycles. The molecule has 0 bridgehead atoms. The Morgan fingerprint density at radius 2 is 1.94 bits per heavy atom. The van der Waals surface area contributed by atoms with Gasteiger partial charge in [-0.1, -0.05) is 6.92 Å². The van der Waals surface area contributed by atoms with E-state index in [-0.39, 0.29) is 5.82 Å². The Balaban J connectivity index is 1.30. The van der Waals surface area contributed by atoms with Crippen molar-refractivity contribution in [2.24, 2.45) is 11.8 Å². The van der Waals surface area contributed by atoms with Crippen molar-refractivity contribution in [2.45, 2.75) is 52.5 Å². The molecule has 0 N–H and O–H groups in total. The molecule has 0 amide bonds. The van der Waals surface area contributed by atoms with E-state index in [4.69, 9.17) is 9.47 Å². The molecule has 3 aromatic heterocycles. The third-order valence-electron chi connectivity index (χ3n) is 7.74. The van der Waals surface area contributed by atoms with Crippen LogP contribution in [-0.4, -0.2) is 63.9 Å². The number of aryl methyl sites for hydroxylation is 1. The summed E-state index contributed by atoms with van der Waals surface area (Å²) in [5, 5.41) is 10.6. The third kappa shape index (κ3) is 5.53. The van der Waals surface area contributed by atoms with E-state index < -0.39 is 0 Å². The summed E-state index contributed by atoms with van der Waals surface area (Å²) < 4.78 is 13.7. The minimum absolute atomic E-state index is 0.177. The number of ether oxygens (including phenoxy) is 2. The van der Waals surface area contributed by atoms with Crippen LogP contribution in [0.15, 0.2) is 24.5 Å². The second-order valence-corrected chi connectivity index (χ2v) is 10.1. The Bertz CT molecular complexity index is 1220. The Hall–Kier alpha value is -3.02. The molecule has 2 fully saturated rings. The Morgan fingerprint density at radius 3 is 2.67 bits per heavy atom. The van der Waals surface area contributed by atoms with Gasteiger partial charge in [0.25, 0.3) is 0 Å². The van der Waals surface area contributed by atoms with E-state index in [1.807, 2.05) is 6.92 Å². The molecular weight excluding hydrogens is 452 g/mol. The smallest absolute Gasteiger partial charge is 0.234 e. The monoisotopic (exact) mass is 488 g/mol. The molecule has 5 heterocycles. The van der Waals surface area contributed by atoms with Gasteiger partial charge in [0.2, 0.25) is 11.7 Å². The van der Waals surface area contributed by atoms with Gasteiger partial charge in [0.05, 0.1) is 12.3 Å². The van der Waals surface area contributed by atoms with Crippen molar-refractivity contribution in [3.8, 4) is 23.2 Å². The van der Waals surface area contributed by atoms with Crippen LogP contribution in [0.2, 0.25) is 0 Å². The number of nitrogens with zero attached hydrogens (tertiary/aromatic N) is 6. The lowest BCUT2D eigenvalue weighted by molar-refractivity contribution is 0.0616. The number of hydrogen-bond acceptors (Lipinski definition) is 7. The van der Waals surface area contributed by atoms with E-state index in [2.05, 4.69) is 55.7 Å². The first-order valence-corrected chi connectivity index (χ1v) is 13.3. The van der Waals surface area contributed by atoms with Crippen LogP contribution >= 0.6 is 0 Å². The summed E-state index contributed by atoms with van der Waals surface area (Å²) in [4.78, 5) is 16.3. The number of piperidine rings is 1. The first-order chi connectivity index (χ1) is 17.6. The van der Waals surface area contributed by atoms with Crippen LogP contribution in [0.5, 0.6) is 5.88 Å². The van der Waals surface area contributed by atoms with Gasteiger partial charge in [-0.3, -0.25) is 0 Å². The lowest BCUT2D eigenvalue weighted by atomic mass is 9.94. The Morgan fingerprint density at radius 1 is 1.14 bits per heavy atom. The Kier molecular flexibility index (Phi) is 7.78. The van der Waals surface area contributed by atoms with Gasteiger partial charge in [0, 0.05) is 48.7 Å². The van der Waals surface area contributed by atoms with Crippen molar-refractivity contribution >= 4 is 11.0 Å². The molecule has 0 unspecified atom stereocenters. The van der Waals surface area contributed by atoms with Crippen molar-refractivity contribution in [3.05, 3.63) is 35.9 Å². The van der Waals surface area contributed by atoms with Crippen molar-refractivity contribution in [1.29, 1.82) is 5.26 Å². The van der Waals surface area contributed by atoms with Gasteiger partial charge in [0.1, 0.15) is 11.7 Å². The fourth-order valence-electron chi connectivity index (χ4n) is 5.45. The van der Waals surface area contributed by atoms with E-state index in [9.17, 15) is 5.26 Å². The number of likely N-dealkylation sites (tertiary alicyclic amines) is 1. The average molecular weight is 489 g/mol. The zero-order chi connectivity index (χ0) is 24.9. The third-order valence-corrected chi connectivity index (χ3v) is 7.74. The SMILES string of the molecule is CCN1CCC(CCOc2ncc(-c3nc(C#N)nc4c3ccn4CC3CCOCC3)cc2C)CC1. The first-order valence-electron chi connectivity index (χ1n) is 13.3. The molecule has 0 aliphatic carbocycles. The molecule has 190 valence electrons. The van der Waals surface area contributed by atoms with E-state index >= 15 is 0 Å². The summed E-state index contributed by atoms with van der Waals surface area (Å²) in [6, 6.07) is 6.24. The summed E-state index contributed by atoms with van der Waals surface area (Å²) in [6.45, 7) is 11.0. The van der Waals surface area contributed by atoms with E-state index in [1.165, 1.54) is 25.9 Å². The molecular formula is C28H36N6O2.